The van der Waals surface area contributed by atoms with Crippen molar-refractivity contribution in [1.29, 1.82) is 0 Å². The van der Waals surface area contributed by atoms with Gasteiger partial charge in [-0.05, 0) is 61.0 Å². The molecule has 4 aromatic rings. The fourth-order valence-electron chi connectivity index (χ4n) is 2.76. The topological polar surface area (TPSA) is 81.4 Å². The maximum absolute atomic E-state index is 12.4. The highest BCUT2D eigenvalue weighted by Gasteiger charge is 2.10. The Morgan fingerprint density at radius 1 is 1.14 bits per heavy atom. The predicted molar refractivity (Wildman–Crippen MR) is 112 cm³/mol. The maximum atomic E-state index is 12.4. The van der Waals surface area contributed by atoms with Gasteiger partial charge in [-0.15, -0.1) is 0 Å². The van der Waals surface area contributed by atoms with E-state index in [1.54, 1.807) is 47.7 Å². The number of aromatic nitrogens is 4. The Bertz CT molecular complexity index is 1140. The highest BCUT2D eigenvalue weighted by atomic mass is 32.2. The van der Waals surface area contributed by atoms with Crippen molar-refractivity contribution in [3.63, 3.8) is 0 Å². The van der Waals surface area contributed by atoms with Crippen molar-refractivity contribution in [2.75, 3.05) is 12.4 Å². The summed E-state index contributed by atoms with van der Waals surface area (Å²) in [4.78, 5) is 22.1. The molecular formula is C21H19N5O2S. The standard InChI is InChI=1S/C21H19N5O2S/c1-3-15-12-19(26-21(25-15)22-13-23-26)29-18-10-6-16(7-11-18)24-20(27)14-4-8-17(28-2)9-5-14/h4-13H,3H2,1-2H3,(H,24,27). The zero-order valence-electron chi connectivity index (χ0n) is 16.0. The first-order valence-electron chi connectivity index (χ1n) is 9.09. The number of anilines is 1. The molecule has 0 atom stereocenters. The van der Waals surface area contributed by atoms with Crippen LogP contribution in [0.25, 0.3) is 5.78 Å². The predicted octanol–water partition coefficient (Wildman–Crippen LogP) is 4.10. The van der Waals surface area contributed by atoms with E-state index >= 15 is 0 Å². The molecule has 0 bridgehead atoms. The van der Waals surface area contributed by atoms with Gasteiger partial charge in [0, 0.05) is 21.8 Å². The monoisotopic (exact) mass is 405 g/mol. The SMILES string of the molecule is CCc1cc(Sc2ccc(NC(=O)c3ccc(OC)cc3)cc2)n2ncnc2n1. The van der Waals surface area contributed by atoms with Crippen molar-refractivity contribution in [3.05, 3.63) is 72.2 Å². The van der Waals surface area contributed by atoms with Gasteiger partial charge in [-0.3, -0.25) is 4.79 Å². The van der Waals surface area contributed by atoms with Crippen molar-refractivity contribution < 1.29 is 9.53 Å². The number of ether oxygens (including phenoxy) is 1. The first-order chi connectivity index (χ1) is 14.2. The van der Waals surface area contributed by atoms with E-state index in [0.717, 1.165) is 27.7 Å². The van der Waals surface area contributed by atoms with E-state index in [0.29, 0.717) is 17.1 Å². The number of nitrogens with zero attached hydrogens (tertiary/aromatic N) is 4. The summed E-state index contributed by atoms with van der Waals surface area (Å²) < 4.78 is 6.84. The second kappa shape index (κ2) is 8.32. The van der Waals surface area contributed by atoms with Gasteiger partial charge in [-0.2, -0.15) is 14.6 Å². The van der Waals surface area contributed by atoms with E-state index in [2.05, 4.69) is 27.3 Å². The molecule has 0 unspecified atom stereocenters. The van der Waals surface area contributed by atoms with Gasteiger partial charge in [-0.1, -0.05) is 18.7 Å². The van der Waals surface area contributed by atoms with Crippen LogP contribution >= 0.6 is 11.8 Å². The number of aryl methyl sites for hydroxylation is 1. The number of fused-ring (bicyclic) bond motifs is 1. The molecule has 1 N–H and O–H groups in total. The van der Waals surface area contributed by atoms with Gasteiger partial charge < -0.3 is 10.1 Å². The molecule has 0 saturated heterocycles. The Morgan fingerprint density at radius 2 is 1.90 bits per heavy atom. The van der Waals surface area contributed by atoms with Crippen molar-refractivity contribution in [3.8, 4) is 5.75 Å². The quantitative estimate of drug-likeness (QED) is 0.487. The van der Waals surface area contributed by atoms with Gasteiger partial charge >= 0.3 is 0 Å². The normalized spacial score (nSPS) is 10.8. The number of amides is 1. The van der Waals surface area contributed by atoms with Gasteiger partial charge in [0.25, 0.3) is 11.7 Å². The van der Waals surface area contributed by atoms with Crippen molar-refractivity contribution in [2.24, 2.45) is 0 Å². The molecule has 2 aromatic heterocycles. The number of nitrogens with one attached hydrogen (secondary N) is 1. The molecule has 29 heavy (non-hydrogen) atoms. The molecule has 0 fully saturated rings. The number of rotatable bonds is 6. The molecule has 0 aliphatic heterocycles. The lowest BCUT2D eigenvalue weighted by Crippen LogP contribution is -2.11. The second-order valence-electron chi connectivity index (χ2n) is 6.22. The van der Waals surface area contributed by atoms with Crippen LogP contribution in [0.4, 0.5) is 5.69 Å². The smallest absolute Gasteiger partial charge is 0.255 e. The van der Waals surface area contributed by atoms with Gasteiger partial charge in [0.1, 0.15) is 17.1 Å². The van der Waals surface area contributed by atoms with Crippen LogP contribution in [0.5, 0.6) is 5.75 Å². The number of hydrogen-bond acceptors (Lipinski definition) is 6. The molecule has 0 saturated carbocycles. The molecule has 2 aromatic carbocycles. The number of benzene rings is 2. The van der Waals surface area contributed by atoms with E-state index in [1.807, 2.05) is 30.3 Å². The summed E-state index contributed by atoms with van der Waals surface area (Å²) in [6.45, 7) is 2.06. The number of hydrogen-bond donors (Lipinski definition) is 1. The minimum absolute atomic E-state index is 0.167. The van der Waals surface area contributed by atoms with Gasteiger partial charge in [0.2, 0.25) is 0 Å². The molecule has 8 heteroatoms. The second-order valence-corrected chi connectivity index (χ2v) is 7.31. The van der Waals surface area contributed by atoms with E-state index < -0.39 is 0 Å². The Balaban J connectivity index is 1.48. The summed E-state index contributed by atoms with van der Waals surface area (Å²) in [6.07, 6.45) is 2.33. The number of carbonyl (C=O) groups is 1. The maximum Gasteiger partial charge on any atom is 0.255 e. The van der Waals surface area contributed by atoms with E-state index in [1.165, 1.54) is 6.33 Å². The lowest BCUT2D eigenvalue weighted by molar-refractivity contribution is 0.102. The number of carbonyl (C=O) groups excluding carboxylic acids is 1. The molecule has 2 heterocycles. The third kappa shape index (κ3) is 4.22. The fourth-order valence-corrected chi connectivity index (χ4v) is 3.68. The van der Waals surface area contributed by atoms with Crippen LogP contribution in [-0.4, -0.2) is 32.6 Å². The Kier molecular flexibility index (Phi) is 5.44. The third-order valence-electron chi connectivity index (χ3n) is 4.32. The molecule has 0 aliphatic rings. The molecule has 0 spiro atoms. The van der Waals surface area contributed by atoms with Crippen molar-refractivity contribution >= 4 is 29.1 Å². The van der Waals surface area contributed by atoms with E-state index in [9.17, 15) is 4.79 Å². The Labute approximate surface area is 172 Å². The van der Waals surface area contributed by atoms with Crippen LogP contribution in [0.1, 0.15) is 23.0 Å². The minimum Gasteiger partial charge on any atom is -0.497 e. The van der Waals surface area contributed by atoms with Crippen LogP contribution in [0.3, 0.4) is 0 Å². The molecule has 7 nitrogen and oxygen atoms in total. The summed E-state index contributed by atoms with van der Waals surface area (Å²) in [5.74, 6) is 1.14. The Morgan fingerprint density at radius 3 is 2.59 bits per heavy atom. The van der Waals surface area contributed by atoms with Crippen LogP contribution < -0.4 is 10.1 Å². The zero-order valence-corrected chi connectivity index (χ0v) is 16.8. The highest BCUT2D eigenvalue weighted by Crippen LogP contribution is 2.29. The molecule has 0 radical (unpaired) electrons. The van der Waals surface area contributed by atoms with Crippen LogP contribution in [0, 0.1) is 0 Å². The molecule has 1 amide bonds. The number of methoxy groups -OCH3 is 1. The van der Waals surface area contributed by atoms with Crippen molar-refractivity contribution in [1.82, 2.24) is 19.6 Å². The molecule has 0 aliphatic carbocycles. The largest absolute Gasteiger partial charge is 0.497 e. The lowest BCUT2D eigenvalue weighted by atomic mass is 10.2. The zero-order chi connectivity index (χ0) is 20.2. The summed E-state index contributed by atoms with van der Waals surface area (Å²) in [5, 5.41) is 8.10. The van der Waals surface area contributed by atoms with Gasteiger partial charge in [0.05, 0.1) is 7.11 Å². The highest BCUT2D eigenvalue weighted by molar-refractivity contribution is 7.99. The minimum atomic E-state index is -0.167. The average molecular weight is 405 g/mol. The first-order valence-corrected chi connectivity index (χ1v) is 9.91. The van der Waals surface area contributed by atoms with Gasteiger partial charge in [-0.25, -0.2) is 4.98 Å². The van der Waals surface area contributed by atoms with E-state index in [-0.39, 0.29) is 5.91 Å². The van der Waals surface area contributed by atoms with E-state index in [4.69, 9.17) is 4.74 Å². The summed E-state index contributed by atoms with van der Waals surface area (Å²) in [6, 6.07) is 16.7. The van der Waals surface area contributed by atoms with Gasteiger partial charge in [0.15, 0.2) is 0 Å². The van der Waals surface area contributed by atoms with Crippen LogP contribution in [0.2, 0.25) is 0 Å². The summed E-state index contributed by atoms with van der Waals surface area (Å²) in [7, 11) is 1.59. The fraction of sp³-hybridized carbons (Fsp3) is 0.143. The lowest BCUT2D eigenvalue weighted by Gasteiger charge is -2.08. The molecular weight excluding hydrogens is 386 g/mol. The Hall–Kier alpha value is -3.39. The average Bonchev–Trinajstić information content (AvgIpc) is 3.24. The molecule has 4 rings (SSSR count). The summed E-state index contributed by atoms with van der Waals surface area (Å²) in [5.41, 5.74) is 2.27. The molecule has 146 valence electrons. The summed E-state index contributed by atoms with van der Waals surface area (Å²) >= 11 is 1.57. The third-order valence-corrected chi connectivity index (χ3v) is 5.33. The van der Waals surface area contributed by atoms with Crippen LogP contribution in [0.15, 0.2) is 70.8 Å². The first kappa shape index (κ1) is 18.9. The van der Waals surface area contributed by atoms with Crippen LogP contribution in [-0.2, 0) is 6.42 Å². The van der Waals surface area contributed by atoms with Crippen molar-refractivity contribution in [2.45, 2.75) is 23.3 Å².